The number of nitrogens with zero attached hydrogens (tertiary/aromatic N) is 2. The highest BCUT2D eigenvalue weighted by atomic mass is 32.1. The second-order valence-corrected chi connectivity index (χ2v) is 3.07. The zero-order valence-electron chi connectivity index (χ0n) is 7.07. The third kappa shape index (κ3) is 1.82. The van der Waals surface area contributed by atoms with E-state index >= 15 is 0 Å². The minimum absolute atomic E-state index is 0.367. The van der Waals surface area contributed by atoms with Gasteiger partial charge in [-0.15, -0.1) is 0 Å². The van der Waals surface area contributed by atoms with Gasteiger partial charge in [-0.05, 0) is 24.4 Å². The third-order valence-electron chi connectivity index (χ3n) is 1.69. The molecule has 2 rings (SSSR count). The standard InChI is InChI=1S/C9H6FN3S/c10-7-3-6(4-11-5-7)8-1-2-12-9(14)13-8/h1-5H,(H,12,13,14). The van der Waals surface area contributed by atoms with Crippen LogP contribution in [0.25, 0.3) is 11.3 Å². The third-order valence-corrected chi connectivity index (χ3v) is 1.90. The van der Waals surface area contributed by atoms with Crippen LogP contribution in [0.5, 0.6) is 0 Å². The zero-order valence-corrected chi connectivity index (χ0v) is 7.88. The first-order chi connectivity index (χ1) is 6.75. The minimum Gasteiger partial charge on any atom is -0.330 e. The van der Waals surface area contributed by atoms with Crippen LogP contribution in [0.4, 0.5) is 4.39 Å². The van der Waals surface area contributed by atoms with E-state index in [1.807, 2.05) is 0 Å². The lowest BCUT2D eigenvalue weighted by molar-refractivity contribution is 0.622. The van der Waals surface area contributed by atoms with Crippen molar-refractivity contribution in [3.05, 3.63) is 41.3 Å². The van der Waals surface area contributed by atoms with E-state index in [1.165, 1.54) is 6.07 Å². The van der Waals surface area contributed by atoms with Gasteiger partial charge in [0.15, 0.2) is 4.77 Å². The van der Waals surface area contributed by atoms with Gasteiger partial charge in [0.05, 0.1) is 11.9 Å². The molecule has 0 unspecified atom stereocenters. The molecule has 0 amide bonds. The molecular formula is C9H6FN3S. The van der Waals surface area contributed by atoms with Crippen molar-refractivity contribution in [1.29, 1.82) is 0 Å². The van der Waals surface area contributed by atoms with Gasteiger partial charge in [-0.25, -0.2) is 9.37 Å². The predicted octanol–water partition coefficient (Wildman–Crippen LogP) is 2.34. The maximum absolute atomic E-state index is 12.8. The van der Waals surface area contributed by atoms with Crippen LogP contribution in [0.15, 0.2) is 30.7 Å². The summed E-state index contributed by atoms with van der Waals surface area (Å²) in [6.45, 7) is 0. The van der Waals surface area contributed by atoms with Crippen LogP contribution >= 0.6 is 12.2 Å². The monoisotopic (exact) mass is 207 g/mol. The van der Waals surface area contributed by atoms with Crippen molar-refractivity contribution < 1.29 is 4.39 Å². The highest BCUT2D eigenvalue weighted by molar-refractivity contribution is 7.71. The molecule has 0 saturated heterocycles. The molecule has 1 N–H and O–H groups in total. The summed E-state index contributed by atoms with van der Waals surface area (Å²) in [5.41, 5.74) is 1.36. The van der Waals surface area contributed by atoms with E-state index in [2.05, 4.69) is 15.0 Å². The van der Waals surface area contributed by atoms with Crippen molar-refractivity contribution in [2.24, 2.45) is 0 Å². The van der Waals surface area contributed by atoms with E-state index in [0.29, 0.717) is 16.0 Å². The van der Waals surface area contributed by atoms with Gasteiger partial charge in [0.1, 0.15) is 5.82 Å². The Morgan fingerprint density at radius 1 is 1.36 bits per heavy atom. The molecule has 0 aliphatic heterocycles. The molecule has 0 bridgehead atoms. The molecule has 0 aromatic carbocycles. The van der Waals surface area contributed by atoms with Crippen LogP contribution in [0.1, 0.15) is 0 Å². The largest absolute Gasteiger partial charge is 0.330 e. The average molecular weight is 207 g/mol. The molecule has 2 aromatic heterocycles. The van der Waals surface area contributed by atoms with Gasteiger partial charge < -0.3 is 4.98 Å². The molecule has 14 heavy (non-hydrogen) atoms. The van der Waals surface area contributed by atoms with Crippen LogP contribution in [-0.4, -0.2) is 15.0 Å². The lowest BCUT2D eigenvalue weighted by atomic mass is 10.2. The number of aromatic nitrogens is 3. The summed E-state index contributed by atoms with van der Waals surface area (Å²) < 4.78 is 13.2. The van der Waals surface area contributed by atoms with Gasteiger partial charge in [-0.2, -0.15) is 0 Å². The van der Waals surface area contributed by atoms with E-state index in [-0.39, 0.29) is 5.82 Å². The van der Waals surface area contributed by atoms with Crippen LogP contribution in [0.2, 0.25) is 0 Å². The molecule has 0 atom stereocenters. The van der Waals surface area contributed by atoms with E-state index in [4.69, 9.17) is 12.2 Å². The first-order valence-electron chi connectivity index (χ1n) is 3.92. The smallest absolute Gasteiger partial charge is 0.197 e. The van der Waals surface area contributed by atoms with Gasteiger partial charge in [0, 0.05) is 18.0 Å². The second kappa shape index (κ2) is 3.63. The van der Waals surface area contributed by atoms with Crippen molar-refractivity contribution in [1.82, 2.24) is 15.0 Å². The SMILES string of the molecule is Fc1cncc(-c2ccnc(=S)[nH]2)c1. The van der Waals surface area contributed by atoms with Gasteiger partial charge in [0.25, 0.3) is 0 Å². The summed E-state index contributed by atoms with van der Waals surface area (Å²) >= 11 is 4.85. The molecule has 0 aliphatic rings. The number of aromatic amines is 1. The fourth-order valence-corrected chi connectivity index (χ4v) is 1.27. The Morgan fingerprint density at radius 3 is 2.93 bits per heavy atom. The molecule has 2 aromatic rings. The van der Waals surface area contributed by atoms with Gasteiger partial charge in [-0.1, -0.05) is 0 Å². The molecule has 0 radical (unpaired) electrons. The van der Waals surface area contributed by atoms with Crippen molar-refractivity contribution in [3.8, 4) is 11.3 Å². The maximum Gasteiger partial charge on any atom is 0.197 e. The van der Waals surface area contributed by atoms with Crippen molar-refractivity contribution >= 4 is 12.2 Å². The summed E-state index contributed by atoms with van der Waals surface area (Å²) in [4.78, 5) is 10.4. The minimum atomic E-state index is -0.376. The molecule has 0 spiro atoms. The summed E-state index contributed by atoms with van der Waals surface area (Å²) in [5, 5.41) is 0. The van der Waals surface area contributed by atoms with Crippen molar-refractivity contribution in [2.75, 3.05) is 0 Å². The van der Waals surface area contributed by atoms with Crippen LogP contribution in [-0.2, 0) is 0 Å². The maximum atomic E-state index is 12.8. The van der Waals surface area contributed by atoms with E-state index in [0.717, 1.165) is 6.20 Å². The van der Waals surface area contributed by atoms with Gasteiger partial charge in [-0.3, -0.25) is 4.98 Å². The Morgan fingerprint density at radius 2 is 2.21 bits per heavy atom. The molecule has 3 nitrogen and oxygen atoms in total. The van der Waals surface area contributed by atoms with E-state index in [1.54, 1.807) is 18.5 Å². The molecule has 0 aliphatic carbocycles. The predicted molar refractivity (Wildman–Crippen MR) is 52.6 cm³/mol. The Labute approximate surface area is 84.7 Å². The highest BCUT2D eigenvalue weighted by Crippen LogP contribution is 2.14. The molecule has 5 heteroatoms. The zero-order chi connectivity index (χ0) is 9.97. The van der Waals surface area contributed by atoms with Crippen LogP contribution in [0, 0.1) is 10.6 Å². The molecule has 0 fully saturated rings. The van der Waals surface area contributed by atoms with Gasteiger partial charge in [0.2, 0.25) is 0 Å². The summed E-state index contributed by atoms with van der Waals surface area (Å²) in [7, 11) is 0. The van der Waals surface area contributed by atoms with Crippen molar-refractivity contribution in [3.63, 3.8) is 0 Å². The topological polar surface area (TPSA) is 41.6 Å². The Balaban J connectivity index is 2.55. The lowest BCUT2D eigenvalue weighted by Gasteiger charge is -1.99. The van der Waals surface area contributed by atoms with Crippen LogP contribution in [0.3, 0.4) is 0 Å². The summed E-state index contributed by atoms with van der Waals surface area (Å²) in [6.07, 6.45) is 4.28. The fourth-order valence-electron chi connectivity index (χ4n) is 1.10. The van der Waals surface area contributed by atoms with Crippen LogP contribution < -0.4 is 0 Å². The number of H-pyrrole nitrogens is 1. The van der Waals surface area contributed by atoms with E-state index < -0.39 is 0 Å². The Bertz CT molecular complexity index is 509. The normalized spacial score (nSPS) is 10.1. The first-order valence-corrected chi connectivity index (χ1v) is 4.33. The number of halogens is 1. The highest BCUT2D eigenvalue weighted by Gasteiger charge is 1.99. The number of hydrogen-bond donors (Lipinski definition) is 1. The second-order valence-electron chi connectivity index (χ2n) is 2.68. The van der Waals surface area contributed by atoms with E-state index in [9.17, 15) is 4.39 Å². The molecular weight excluding hydrogens is 201 g/mol. The van der Waals surface area contributed by atoms with Gasteiger partial charge >= 0.3 is 0 Å². The van der Waals surface area contributed by atoms with Crippen molar-refractivity contribution in [2.45, 2.75) is 0 Å². The number of nitrogens with one attached hydrogen (secondary N) is 1. The molecule has 0 saturated carbocycles. The number of rotatable bonds is 1. The summed E-state index contributed by atoms with van der Waals surface area (Å²) in [6, 6.07) is 3.10. The quantitative estimate of drug-likeness (QED) is 0.730. The fraction of sp³-hybridized carbons (Fsp3) is 0. The Kier molecular flexibility index (Phi) is 2.32. The Hall–Kier alpha value is -1.62. The number of hydrogen-bond acceptors (Lipinski definition) is 3. The summed E-state index contributed by atoms with van der Waals surface area (Å²) in [5.74, 6) is -0.376. The lowest BCUT2D eigenvalue weighted by Crippen LogP contribution is -1.88. The molecule has 70 valence electrons. The number of pyridine rings is 1. The molecule has 2 heterocycles. The average Bonchev–Trinajstić information content (AvgIpc) is 2.18. The first kappa shape index (κ1) is 8.96.